The Labute approximate surface area is 269 Å². The molecule has 0 fully saturated rings. The van der Waals surface area contributed by atoms with Crippen LogP contribution in [0.4, 0.5) is 0 Å². The van der Waals surface area contributed by atoms with Gasteiger partial charge in [-0.15, -0.1) is 0 Å². The lowest BCUT2D eigenvalue weighted by atomic mass is 10.2. The van der Waals surface area contributed by atoms with Crippen molar-refractivity contribution in [3.05, 3.63) is 61.7 Å². The van der Waals surface area contributed by atoms with E-state index in [1.807, 2.05) is 46.6 Å². The highest BCUT2D eigenvalue weighted by Crippen LogP contribution is 2.02. The van der Waals surface area contributed by atoms with Crippen LogP contribution in [-0.4, -0.2) is 81.9 Å². The zero-order chi connectivity index (χ0) is 33.9. The van der Waals surface area contributed by atoms with Gasteiger partial charge in [-0.2, -0.15) is 0 Å². The second kappa shape index (κ2) is 20.7. The van der Waals surface area contributed by atoms with Crippen molar-refractivity contribution < 1.29 is 57.5 Å². The van der Waals surface area contributed by atoms with Crippen LogP contribution in [0, 0.1) is 0 Å². The molecule has 2 heterocycles. The van der Waals surface area contributed by atoms with E-state index in [1.54, 1.807) is 0 Å². The molecule has 2 aromatic rings. The van der Waals surface area contributed by atoms with E-state index in [1.165, 1.54) is 13.8 Å². The summed E-state index contributed by atoms with van der Waals surface area (Å²) in [5, 5.41) is 19.6. The maximum atomic E-state index is 12.0. The molecule has 2 unspecified atom stereocenters. The lowest BCUT2D eigenvalue weighted by Crippen LogP contribution is -2.31. The Morgan fingerprint density at radius 2 is 1.02 bits per heavy atom. The molecule has 0 aromatic carbocycles. The minimum atomic E-state index is -1.09. The molecule has 0 bridgehead atoms. The Bertz CT molecular complexity index is 1200. The normalized spacial score (nSPS) is 12.2. The third-order valence-electron chi connectivity index (χ3n) is 6.61. The highest BCUT2D eigenvalue weighted by atomic mass is 16.6. The van der Waals surface area contributed by atoms with Gasteiger partial charge in [-0.05, 0) is 39.5 Å². The third-order valence-corrected chi connectivity index (χ3v) is 6.61. The number of hydrogen-bond acceptors (Lipinski definition) is 10. The third kappa shape index (κ3) is 16.1. The summed E-state index contributed by atoms with van der Waals surface area (Å²) >= 11 is 0. The fourth-order valence-corrected chi connectivity index (χ4v) is 4.00. The first-order valence-electron chi connectivity index (χ1n) is 15.3. The molecule has 2 N–H and O–H groups in total. The van der Waals surface area contributed by atoms with Crippen molar-refractivity contribution in [1.29, 1.82) is 0 Å². The van der Waals surface area contributed by atoms with Gasteiger partial charge in [0.1, 0.15) is 76.5 Å². The molecule has 254 valence electrons. The molecule has 0 radical (unpaired) electrons. The quantitative estimate of drug-likeness (QED) is 0.0583. The molecule has 0 aliphatic carbocycles. The molecule has 2 rings (SSSR count). The summed E-state index contributed by atoms with van der Waals surface area (Å²) < 4.78 is 27.7. The monoisotopic (exact) mass is 648 g/mol. The van der Waals surface area contributed by atoms with Crippen molar-refractivity contribution >= 4 is 23.9 Å². The van der Waals surface area contributed by atoms with Crippen LogP contribution in [0.25, 0.3) is 0 Å². The van der Waals surface area contributed by atoms with Gasteiger partial charge in [-0.25, -0.2) is 27.9 Å². The van der Waals surface area contributed by atoms with Crippen LogP contribution in [0.1, 0.15) is 52.4 Å². The number of ether oxygens (including phenoxy) is 4. The molecule has 0 saturated carbocycles. The summed E-state index contributed by atoms with van der Waals surface area (Å²) in [4.78, 5) is 46.6. The summed E-state index contributed by atoms with van der Waals surface area (Å²) in [5.74, 6) is -2.11. The van der Waals surface area contributed by atoms with E-state index in [-0.39, 0.29) is 50.4 Å². The van der Waals surface area contributed by atoms with Crippen LogP contribution in [0.15, 0.2) is 61.7 Å². The SMILES string of the molecule is C=C(C)C(=O)OCC(O)COC(=O)CCn1cc[n+](CCCCCC[n+]2ccn(CCC(=O)OCC(O)COC(=O)C(=C)C)c2)c1. The summed E-state index contributed by atoms with van der Waals surface area (Å²) in [6.45, 7) is 11.5. The Balaban J connectivity index is 1.51. The lowest BCUT2D eigenvalue weighted by Gasteiger charge is -2.11. The van der Waals surface area contributed by atoms with E-state index in [0.717, 1.165) is 38.8 Å². The summed E-state index contributed by atoms with van der Waals surface area (Å²) in [5.41, 5.74) is 0.456. The number of nitrogens with zero attached hydrogens (tertiary/aromatic N) is 4. The van der Waals surface area contributed by atoms with Crippen LogP contribution in [0.2, 0.25) is 0 Å². The number of aliphatic hydroxyl groups excluding tert-OH is 2. The molecule has 0 amide bonds. The minimum Gasteiger partial charge on any atom is -0.463 e. The minimum absolute atomic E-state index is 0.150. The van der Waals surface area contributed by atoms with E-state index in [9.17, 15) is 29.4 Å². The van der Waals surface area contributed by atoms with Crippen molar-refractivity contribution in [1.82, 2.24) is 9.13 Å². The zero-order valence-corrected chi connectivity index (χ0v) is 26.9. The summed E-state index contributed by atoms with van der Waals surface area (Å²) in [6.07, 6.45) is 13.9. The second-order valence-corrected chi connectivity index (χ2v) is 11.1. The Kier molecular flexibility index (Phi) is 17.0. The Morgan fingerprint density at radius 3 is 1.39 bits per heavy atom. The van der Waals surface area contributed by atoms with Gasteiger partial charge in [0.2, 0.25) is 12.7 Å². The van der Waals surface area contributed by atoms with Crippen LogP contribution in [0.5, 0.6) is 0 Å². The van der Waals surface area contributed by atoms with Gasteiger partial charge in [0.15, 0.2) is 0 Å². The van der Waals surface area contributed by atoms with Gasteiger partial charge >= 0.3 is 23.9 Å². The van der Waals surface area contributed by atoms with E-state index in [4.69, 9.17) is 18.9 Å². The second-order valence-electron chi connectivity index (χ2n) is 11.1. The van der Waals surface area contributed by atoms with Gasteiger partial charge in [0.25, 0.3) is 0 Å². The number of esters is 4. The lowest BCUT2D eigenvalue weighted by molar-refractivity contribution is -0.698. The largest absolute Gasteiger partial charge is 0.463 e. The van der Waals surface area contributed by atoms with Crippen LogP contribution >= 0.6 is 0 Å². The standard InChI is InChI=1S/C32H48N4O10/c1-25(2)31(41)45-21-27(37)19-43-29(39)9-13-35-17-15-33(23-35)11-7-5-6-8-12-34-16-18-36(24-34)14-10-30(40)44-20-28(38)22-46-32(42)26(3)4/h15-18,23-24,27-28,37-38H,1,3,5-14,19-22H2,2,4H3/q+2. The van der Waals surface area contributed by atoms with Gasteiger partial charge in [0.05, 0.1) is 25.9 Å². The maximum Gasteiger partial charge on any atom is 0.333 e. The van der Waals surface area contributed by atoms with Crippen LogP contribution < -0.4 is 9.13 Å². The molecule has 2 atom stereocenters. The summed E-state index contributed by atoms with van der Waals surface area (Å²) in [6, 6.07) is 0. The van der Waals surface area contributed by atoms with Crippen LogP contribution in [0.3, 0.4) is 0 Å². The molecular formula is C32H48N4O10+2. The van der Waals surface area contributed by atoms with E-state index in [2.05, 4.69) is 22.3 Å². The van der Waals surface area contributed by atoms with Crippen molar-refractivity contribution in [3.63, 3.8) is 0 Å². The highest BCUT2D eigenvalue weighted by molar-refractivity contribution is 5.87. The van der Waals surface area contributed by atoms with Crippen molar-refractivity contribution in [3.8, 4) is 0 Å². The van der Waals surface area contributed by atoms with E-state index in [0.29, 0.717) is 13.1 Å². The molecule has 0 aliphatic heterocycles. The highest BCUT2D eigenvalue weighted by Gasteiger charge is 2.15. The zero-order valence-electron chi connectivity index (χ0n) is 26.9. The molecule has 0 spiro atoms. The summed E-state index contributed by atoms with van der Waals surface area (Å²) in [7, 11) is 0. The number of aromatic nitrogens is 4. The fraction of sp³-hybridized carbons (Fsp3) is 0.562. The molecule has 46 heavy (non-hydrogen) atoms. The first-order chi connectivity index (χ1) is 21.9. The number of unbranched alkanes of at least 4 members (excludes halogenated alkanes) is 3. The van der Waals surface area contributed by atoms with Gasteiger partial charge in [-0.1, -0.05) is 13.2 Å². The van der Waals surface area contributed by atoms with Crippen molar-refractivity contribution in [2.24, 2.45) is 0 Å². The number of carbonyl (C=O) groups excluding carboxylic acids is 4. The Hall–Kier alpha value is -4.30. The molecule has 14 nitrogen and oxygen atoms in total. The number of aliphatic hydroxyl groups is 2. The van der Waals surface area contributed by atoms with Crippen molar-refractivity contribution in [2.45, 2.75) is 90.8 Å². The average molecular weight is 649 g/mol. The first-order valence-corrected chi connectivity index (χ1v) is 15.3. The molecule has 2 aromatic heterocycles. The number of rotatable bonds is 23. The first kappa shape index (κ1) is 37.9. The van der Waals surface area contributed by atoms with E-state index >= 15 is 0 Å². The maximum absolute atomic E-state index is 12.0. The predicted octanol–water partition coefficient (Wildman–Crippen LogP) is 0.952. The van der Waals surface area contributed by atoms with E-state index < -0.39 is 36.1 Å². The predicted molar refractivity (Wildman–Crippen MR) is 162 cm³/mol. The van der Waals surface area contributed by atoms with Crippen LogP contribution in [-0.2, 0) is 64.3 Å². The molecule has 0 aliphatic rings. The molecular weight excluding hydrogens is 600 g/mol. The average Bonchev–Trinajstić information content (AvgIpc) is 3.69. The number of hydrogen-bond donors (Lipinski definition) is 2. The van der Waals surface area contributed by atoms with Gasteiger partial charge < -0.3 is 29.2 Å². The topological polar surface area (TPSA) is 163 Å². The molecule has 0 saturated heterocycles. The number of aryl methyl sites for hydroxylation is 4. The number of carbonyl (C=O) groups is 4. The van der Waals surface area contributed by atoms with Gasteiger partial charge in [0, 0.05) is 11.1 Å². The van der Waals surface area contributed by atoms with Crippen molar-refractivity contribution in [2.75, 3.05) is 26.4 Å². The fourth-order valence-electron chi connectivity index (χ4n) is 4.00. The Morgan fingerprint density at radius 1 is 0.652 bits per heavy atom. The molecule has 14 heteroatoms. The smallest absolute Gasteiger partial charge is 0.333 e. The van der Waals surface area contributed by atoms with Gasteiger partial charge in [-0.3, -0.25) is 9.59 Å². The number of imidazole rings is 2.